The highest BCUT2D eigenvalue weighted by atomic mass is 16.5. The first kappa shape index (κ1) is 13.1. The average Bonchev–Trinajstić information content (AvgIpc) is 2.71. The van der Waals surface area contributed by atoms with E-state index in [4.69, 9.17) is 4.74 Å². The Balaban J connectivity index is 2.09. The standard InChI is InChI=1S/C15H22O4/c1-14(8-16)4-3-5-15(2)10-7-19-13(18)9(10)6-11(17)12(14)15/h6,10-12,16-17H,3-5,7-8H2,1-2H3/t10-,11+,12+,14+,15-/m0/s1. The van der Waals surface area contributed by atoms with Crippen molar-refractivity contribution in [1.29, 1.82) is 0 Å². The van der Waals surface area contributed by atoms with Crippen LogP contribution in [0.1, 0.15) is 33.1 Å². The Morgan fingerprint density at radius 3 is 2.84 bits per heavy atom. The lowest BCUT2D eigenvalue weighted by molar-refractivity contribution is -0.135. The van der Waals surface area contributed by atoms with Gasteiger partial charge in [-0.05, 0) is 29.7 Å². The predicted molar refractivity (Wildman–Crippen MR) is 69.2 cm³/mol. The molecule has 0 aromatic carbocycles. The molecule has 3 rings (SSSR count). The molecule has 1 saturated carbocycles. The van der Waals surface area contributed by atoms with Crippen molar-refractivity contribution in [2.45, 2.75) is 39.2 Å². The van der Waals surface area contributed by atoms with Crippen LogP contribution in [0.3, 0.4) is 0 Å². The van der Waals surface area contributed by atoms with Crippen molar-refractivity contribution < 1.29 is 19.7 Å². The zero-order chi connectivity index (χ0) is 13.8. The number of ether oxygens (including phenoxy) is 1. The SMILES string of the molecule is C[C@]1(CO)CCC[C@]2(C)[C@@H]1[C@H](O)C=C1C(=O)OC[C@@H]12. The Labute approximate surface area is 113 Å². The Hall–Kier alpha value is -0.870. The van der Waals surface area contributed by atoms with Gasteiger partial charge in [-0.1, -0.05) is 20.3 Å². The second kappa shape index (κ2) is 4.06. The van der Waals surface area contributed by atoms with Crippen LogP contribution in [0.5, 0.6) is 0 Å². The summed E-state index contributed by atoms with van der Waals surface area (Å²) in [4.78, 5) is 11.8. The van der Waals surface area contributed by atoms with Crippen LogP contribution in [-0.4, -0.2) is 35.5 Å². The summed E-state index contributed by atoms with van der Waals surface area (Å²) < 4.78 is 5.18. The quantitative estimate of drug-likeness (QED) is 0.701. The van der Waals surface area contributed by atoms with E-state index in [0.717, 1.165) is 19.3 Å². The molecule has 106 valence electrons. The third-order valence-electron chi connectivity index (χ3n) is 5.77. The van der Waals surface area contributed by atoms with E-state index in [1.807, 2.05) is 0 Å². The fourth-order valence-electron chi connectivity index (χ4n) is 4.84. The van der Waals surface area contributed by atoms with Gasteiger partial charge in [0.25, 0.3) is 0 Å². The fraction of sp³-hybridized carbons (Fsp3) is 0.800. The van der Waals surface area contributed by atoms with Crippen LogP contribution in [0.25, 0.3) is 0 Å². The summed E-state index contributed by atoms with van der Waals surface area (Å²) in [7, 11) is 0. The molecule has 0 spiro atoms. The van der Waals surface area contributed by atoms with Gasteiger partial charge in [-0.2, -0.15) is 0 Å². The highest BCUT2D eigenvalue weighted by molar-refractivity contribution is 5.91. The lowest BCUT2D eigenvalue weighted by atomic mass is 9.48. The summed E-state index contributed by atoms with van der Waals surface area (Å²) in [6.45, 7) is 4.70. The van der Waals surface area contributed by atoms with Crippen molar-refractivity contribution in [2.24, 2.45) is 22.7 Å². The number of cyclic esters (lactones) is 1. The topological polar surface area (TPSA) is 66.8 Å². The van der Waals surface area contributed by atoms with Crippen LogP contribution in [0.4, 0.5) is 0 Å². The summed E-state index contributed by atoms with van der Waals surface area (Å²) in [6, 6.07) is 0. The minimum atomic E-state index is -0.667. The first-order valence-electron chi connectivity index (χ1n) is 7.10. The highest BCUT2D eigenvalue weighted by Gasteiger charge is 2.59. The number of aliphatic hydroxyl groups is 2. The summed E-state index contributed by atoms with van der Waals surface area (Å²) in [5.41, 5.74) is 0.208. The number of carbonyl (C=O) groups is 1. The van der Waals surface area contributed by atoms with E-state index in [9.17, 15) is 15.0 Å². The Morgan fingerprint density at radius 1 is 1.42 bits per heavy atom. The zero-order valence-corrected chi connectivity index (χ0v) is 11.6. The highest BCUT2D eigenvalue weighted by Crippen LogP contribution is 2.60. The van der Waals surface area contributed by atoms with Gasteiger partial charge in [0, 0.05) is 24.0 Å². The maximum absolute atomic E-state index is 11.8. The van der Waals surface area contributed by atoms with Crippen LogP contribution in [0.2, 0.25) is 0 Å². The van der Waals surface area contributed by atoms with Crippen molar-refractivity contribution in [2.75, 3.05) is 13.2 Å². The molecule has 3 aliphatic rings. The molecule has 0 unspecified atom stereocenters. The van der Waals surface area contributed by atoms with Crippen LogP contribution in [0.15, 0.2) is 11.6 Å². The maximum Gasteiger partial charge on any atom is 0.334 e. The van der Waals surface area contributed by atoms with E-state index in [1.54, 1.807) is 6.08 Å². The molecule has 19 heavy (non-hydrogen) atoms. The molecule has 0 aromatic rings. The molecule has 4 nitrogen and oxygen atoms in total. The smallest absolute Gasteiger partial charge is 0.334 e. The number of fused-ring (bicyclic) bond motifs is 3. The third-order valence-corrected chi connectivity index (χ3v) is 5.77. The van der Waals surface area contributed by atoms with E-state index in [2.05, 4.69) is 13.8 Å². The largest absolute Gasteiger partial charge is 0.462 e. The molecular formula is C15H22O4. The van der Waals surface area contributed by atoms with E-state index in [-0.39, 0.29) is 35.2 Å². The monoisotopic (exact) mass is 266 g/mol. The molecule has 2 fully saturated rings. The van der Waals surface area contributed by atoms with Gasteiger partial charge in [-0.3, -0.25) is 0 Å². The van der Waals surface area contributed by atoms with E-state index in [1.165, 1.54) is 0 Å². The van der Waals surface area contributed by atoms with E-state index in [0.29, 0.717) is 12.2 Å². The fourth-order valence-corrected chi connectivity index (χ4v) is 4.84. The van der Waals surface area contributed by atoms with Crippen molar-refractivity contribution >= 4 is 5.97 Å². The molecular weight excluding hydrogens is 244 g/mol. The van der Waals surface area contributed by atoms with Crippen molar-refractivity contribution in [3.63, 3.8) is 0 Å². The van der Waals surface area contributed by atoms with Gasteiger partial charge in [0.15, 0.2) is 0 Å². The van der Waals surface area contributed by atoms with Gasteiger partial charge < -0.3 is 14.9 Å². The number of aliphatic hydroxyl groups excluding tert-OH is 2. The van der Waals surface area contributed by atoms with Gasteiger partial charge in [0.1, 0.15) is 0 Å². The van der Waals surface area contributed by atoms with Crippen LogP contribution in [0, 0.1) is 22.7 Å². The van der Waals surface area contributed by atoms with Gasteiger partial charge in [0.2, 0.25) is 0 Å². The molecule has 0 aromatic heterocycles. The summed E-state index contributed by atoms with van der Waals surface area (Å²) in [6.07, 6.45) is 3.92. The Bertz CT molecular complexity index is 443. The van der Waals surface area contributed by atoms with Gasteiger partial charge in [-0.15, -0.1) is 0 Å². The van der Waals surface area contributed by atoms with E-state index >= 15 is 0 Å². The molecule has 2 N–H and O–H groups in total. The second-order valence-corrected chi connectivity index (χ2v) is 6.91. The molecule has 5 atom stereocenters. The molecule has 1 aliphatic heterocycles. The number of rotatable bonds is 1. The summed E-state index contributed by atoms with van der Waals surface area (Å²) >= 11 is 0. The number of hydrogen-bond acceptors (Lipinski definition) is 4. The third kappa shape index (κ3) is 1.62. The van der Waals surface area contributed by atoms with Crippen LogP contribution < -0.4 is 0 Å². The molecule has 4 heteroatoms. The zero-order valence-electron chi connectivity index (χ0n) is 11.6. The summed E-state index contributed by atoms with van der Waals surface area (Å²) in [5, 5.41) is 20.3. The first-order valence-corrected chi connectivity index (χ1v) is 7.10. The predicted octanol–water partition coefficient (Wildman–Crippen LogP) is 1.27. The molecule has 0 radical (unpaired) electrons. The van der Waals surface area contributed by atoms with Crippen LogP contribution >= 0.6 is 0 Å². The van der Waals surface area contributed by atoms with Crippen molar-refractivity contribution in [1.82, 2.24) is 0 Å². The number of hydrogen-bond donors (Lipinski definition) is 2. The van der Waals surface area contributed by atoms with Crippen molar-refractivity contribution in [3.8, 4) is 0 Å². The number of carbonyl (C=O) groups excluding carboxylic acids is 1. The Morgan fingerprint density at radius 2 is 2.16 bits per heavy atom. The maximum atomic E-state index is 11.8. The number of esters is 1. The molecule has 1 saturated heterocycles. The lowest BCUT2D eigenvalue weighted by Gasteiger charge is -2.57. The average molecular weight is 266 g/mol. The Kier molecular flexibility index (Phi) is 2.81. The second-order valence-electron chi connectivity index (χ2n) is 6.91. The van der Waals surface area contributed by atoms with Crippen LogP contribution in [-0.2, 0) is 9.53 Å². The van der Waals surface area contributed by atoms with Gasteiger partial charge in [0.05, 0.1) is 12.7 Å². The molecule has 1 heterocycles. The van der Waals surface area contributed by atoms with E-state index < -0.39 is 6.10 Å². The van der Waals surface area contributed by atoms with Crippen molar-refractivity contribution in [3.05, 3.63) is 11.6 Å². The molecule has 0 bridgehead atoms. The minimum Gasteiger partial charge on any atom is -0.462 e. The van der Waals surface area contributed by atoms with Gasteiger partial charge >= 0.3 is 5.97 Å². The molecule has 0 amide bonds. The minimum absolute atomic E-state index is 0.0120. The first-order chi connectivity index (χ1) is 8.92. The normalized spacial score (nSPS) is 49.2. The molecule has 2 aliphatic carbocycles. The lowest BCUT2D eigenvalue weighted by Crippen LogP contribution is -2.56. The van der Waals surface area contributed by atoms with Gasteiger partial charge in [-0.25, -0.2) is 4.79 Å². The summed E-state index contributed by atoms with van der Waals surface area (Å²) in [5.74, 6) is -0.221.